The van der Waals surface area contributed by atoms with Crippen LogP contribution in [0.5, 0.6) is 0 Å². The molecule has 152 valence electrons. The van der Waals surface area contributed by atoms with E-state index in [9.17, 15) is 13.2 Å². The standard InChI is InChI=1S/C20H19Cl2N3O3S/c21-17-2-1-3-18(22)19(17)29(27,28)25-12-9-15(10-13-25)20(26)24-16-6-4-14(5-7-16)8-11-23/h1-7,15H,8-10,12-13H2,(H,24,26). The van der Waals surface area contributed by atoms with E-state index < -0.39 is 10.0 Å². The van der Waals surface area contributed by atoms with Gasteiger partial charge in [0.15, 0.2) is 0 Å². The van der Waals surface area contributed by atoms with Gasteiger partial charge in [0.1, 0.15) is 4.90 Å². The maximum absolute atomic E-state index is 12.9. The van der Waals surface area contributed by atoms with Gasteiger partial charge in [-0.05, 0) is 42.7 Å². The summed E-state index contributed by atoms with van der Waals surface area (Å²) in [5.41, 5.74) is 1.52. The number of nitrogens with one attached hydrogen (secondary N) is 1. The number of benzene rings is 2. The summed E-state index contributed by atoms with van der Waals surface area (Å²) < 4.78 is 27.2. The minimum Gasteiger partial charge on any atom is -0.326 e. The van der Waals surface area contributed by atoms with Gasteiger partial charge in [-0.25, -0.2) is 8.42 Å². The summed E-state index contributed by atoms with van der Waals surface area (Å²) in [6, 6.07) is 13.7. The molecule has 1 N–H and O–H groups in total. The molecule has 3 rings (SSSR count). The molecule has 0 spiro atoms. The molecule has 2 aromatic rings. The normalized spacial score (nSPS) is 15.6. The number of anilines is 1. The fourth-order valence-corrected chi connectivity index (χ4v) is 5.82. The lowest BCUT2D eigenvalue weighted by atomic mass is 9.97. The smallest absolute Gasteiger partial charge is 0.246 e. The van der Waals surface area contributed by atoms with E-state index in [0.29, 0.717) is 24.9 Å². The molecule has 0 aromatic heterocycles. The number of carbonyl (C=O) groups excluding carboxylic acids is 1. The number of nitriles is 1. The Morgan fingerprint density at radius 2 is 1.69 bits per heavy atom. The second-order valence-corrected chi connectivity index (χ2v) is 9.44. The third-order valence-electron chi connectivity index (χ3n) is 4.85. The van der Waals surface area contributed by atoms with Crippen molar-refractivity contribution in [1.29, 1.82) is 5.26 Å². The van der Waals surface area contributed by atoms with Crippen molar-refractivity contribution in [1.82, 2.24) is 4.31 Å². The number of hydrogen-bond donors (Lipinski definition) is 1. The fourth-order valence-electron chi connectivity index (χ4n) is 3.26. The number of nitrogens with zero attached hydrogens (tertiary/aromatic N) is 2. The van der Waals surface area contributed by atoms with Gasteiger partial charge in [0.05, 0.1) is 22.5 Å². The van der Waals surface area contributed by atoms with Crippen molar-refractivity contribution in [3.8, 4) is 6.07 Å². The summed E-state index contributed by atoms with van der Waals surface area (Å²) in [4.78, 5) is 12.4. The van der Waals surface area contributed by atoms with Crippen molar-refractivity contribution in [2.75, 3.05) is 18.4 Å². The van der Waals surface area contributed by atoms with Crippen LogP contribution in [0.2, 0.25) is 10.0 Å². The highest BCUT2D eigenvalue weighted by Gasteiger charge is 2.34. The van der Waals surface area contributed by atoms with Gasteiger partial charge in [-0.15, -0.1) is 0 Å². The number of piperidine rings is 1. The maximum Gasteiger partial charge on any atom is 0.246 e. The van der Waals surface area contributed by atoms with Gasteiger partial charge in [0.25, 0.3) is 0 Å². The van der Waals surface area contributed by atoms with Crippen molar-refractivity contribution in [3.63, 3.8) is 0 Å². The van der Waals surface area contributed by atoms with E-state index >= 15 is 0 Å². The van der Waals surface area contributed by atoms with Crippen LogP contribution in [0, 0.1) is 17.2 Å². The van der Waals surface area contributed by atoms with Gasteiger partial charge in [-0.3, -0.25) is 4.79 Å². The first-order valence-corrected chi connectivity index (χ1v) is 11.2. The van der Waals surface area contributed by atoms with Gasteiger partial charge in [0, 0.05) is 24.7 Å². The zero-order valence-corrected chi connectivity index (χ0v) is 17.8. The Bertz CT molecular complexity index is 1020. The summed E-state index contributed by atoms with van der Waals surface area (Å²) in [7, 11) is -3.83. The molecule has 1 heterocycles. The van der Waals surface area contributed by atoms with Crippen molar-refractivity contribution >= 4 is 44.8 Å². The summed E-state index contributed by atoms with van der Waals surface area (Å²) in [5.74, 6) is -0.437. The predicted molar refractivity (Wildman–Crippen MR) is 112 cm³/mol. The first-order chi connectivity index (χ1) is 13.8. The van der Waals surface area contributed by atoms with Gasteiger partial charge in [-0.1, -0.05) is 41.4 Å². The van der Waals surface area contributed by atoms with Gasteiger partial charge in [-0.2, -0.15) is 9.57 Å². The third kappa shape index (κ3) is 4.90. The van der Waals surface area contributed by atoms with E-state index in [0.717, 1.165) is 5.56 Å². The second kappa shape index (κ2) is 9.14. The quantitative estimate of drug-likeness (QED) is 0.740. The summed E-state index contributed by atoms with van der Waals surface area (Å²) in [5, 5.41) is 11.7. The molecule has 0 atom stereocenters. The summed E-state index contributed by atoms with van der Waals surface area (Å²) in [6.07, 6.45) is 1.12. The van der Waals surface area contributed by atoms with Gasteiger partial charge in [0.2, 0.25) is 15.9 Å². The average molecular weight is 452 g/mol. The molecule has 1 aliphatic rings. The Kier molecular flexibility index (Phi) is 6.81. The molecule has 1 fully saturated rings. The number of carbonyl (C=O) groups is 1. The molecule has 0 aliphatic carbocycles. The number of halogens is 2. The predicted octanol–water partition coefficient (Wildman–Crippen LogP) is 4.10. The molecule has 1 amide bonds. The lowest BCUT2D eigenvalue weighted by molar-refractivity contribution is -0.120. The van der Waals surface area contributed by atoms with Gasteiger partial charge >= 0.3 is 0 Å². The first kappa shape index (κ1) is 21.6. The lowest BCUT2D eigenvalue weighted by Crippen LogP contribution is -2.41. The monoisotopic (exact) mass is 451 g/mol. The number of amides is 1. The van der Waals surface area contributed by atoms with Gasteiger partial charge < -0.3 is 5.32 Å². The molecule has 0 radical (unpaired) electrons. The van der Waals surface area contributed by atoms with Crippen LogP contribution in [-0.2, 0) is 21.2 Å². The molecule has 1 saturated heterocycles. The highest BCUT2D eigenvalue weighted by atomic mass is 35.5. The number of rotatable bonds is 5. The molecule has 6 nitrogen and oxygen atoms in total. The lowest BCUT2D eigenvalue weighted by Gasteiger charge is -2.31. The van der Waals surface area contributed by atoms with Crippen molar-refractivity contribution in [2.45, 2.75) is 24.2 Å². The zero-order chi connectivity index (χ0) is 21.0. The van der Waals surface area contributed by atoms with E-state index in [1.165, 1.54) is 16.4 Å². The first-order valence-electron chi connectivity index (χ1n) is 9.04. The molecule has 9 heteroatoms. The van der Waals surface area contributed by atoms with Crippen molar-refractivity contribution < 1.29 is 13.2 Å². The minimum absolute atomic E-state index is 0.0808. The zero-order valence-electron chi connectivity index (χ0n) is 15.4. The summed E-state index contributed by atoms with van der Waals surface area (Å²) in [6.45, 7) is 0.423. The molecule has 0 bridgehead atoms. The molecule has 0 saturated carbocycles. The Labute approximate surface area is 180 Å². The fraction of sp³-hybridized carbons (Fsp3) is 0.300. The Hall–Kier alpha value is -2.11. The maximum atomic E-state index is 12.9. The van der Waals surface area contributed by atoms with E-state index in [2.05, 4.69) is 11.4 Å². The largest absolute Gasteiger partial charge is 0.326 e. The average Bonchev–Trinajstić information content (AvgIpc) is 2.69. The van der Waals surface area contributed by atoms with Crippen LogP contribution < -0.4 is 5.32 Å². The SMILES string of the molecule is N#CCc1ccc(NC(=O)C2CCN(S(=O)(=O)c3c(Cl)cccc3Cl)CC2)cc1. The Balaban J connectivity index is 1.62. The number of hydrogen-bond acceptors (Lipinski definition) is 4. The van der Waals surface area contributed by atoms with E-state index in [4.69, 9.17) is 28.5 Å². The van der Waals surface area contributed by atoms with Crippen LogP contribution in [0.1, 0.15) is 18.4 Å². The second-order valence-electron chi connectivity index (χ2n) is 6.75. The molecule has 29 heavy (non-hydrogen) atoms. The van der Waals surface area contributed by atoms with Crippen molar-refractivity contribution in [2.24, 2.45) is 5.92 Å². The third-order valence-corrected chi connectivity index (χ3v) is 7.70. The van der Waals surface area contributed by atoms with E-state index in [-0.39, 0.29) is 39.9 Å². The minimum atomic E-state index is -3.83. The highest BCUT2D eigenvalue weighted by Crippen LogP contribution is 2.33. The van der Waals surface area contributed by atoms with E-state index in [1.54, 1.807) is 30.3 Å². The Morgan fingerprint density at radius 1 is 1.10 bits per heavy atom. The molecular weight excluding hydrogens is 433 g/mol. The molecule has 2 aromatic carbocycles. The summed E-state index contributed by atoms with van der Waals surface area (Å²) >= 11 is 12.1. The van der Waals surface area contributed by atoms with Crippen LogP contribution in [0.3, 0.4) is 0 Å². The van der Waals surface area contributed by atoms with Crippen LogP contribution >= 0.6 is 23.2 Å². The molecular formula is C20H19Cl2N3O3S. The van der Waals surface area contributed by atoms with Crippen LogP contribution in [0.25, 0.3) is 0 Å². The van der Waals surface area contributed by atoms with Crippen LogP contribution in [0.15, 0.2) is 47.4 Å². The van der Waals surface area contributed by atoms with E-state index in [1.807, 2.05) is 0 Å². The Morgan fingerprint density at radius 3 is 2.24 bits per heavy atom. The number of sulfonamides is 1. The van der Waals surface area contributed by atoms with Crippen LogP contribution in [-0.4, -0.2) is 31.7 Å². The topological polar surface area (TPSA) is 90.3 Å². The molecule has 1 aliphatic heterocycles. The molecule has 0 unspecified atom stereocenters. The highest BCUT2D eigenvalue weighted by molar-refractivity contribution is 7.89. The van der Waals surface area contributed by atoms with Crippen LogP contribution in [0.4, 0.5) is 5.69 Å². The van der Waals surface area contributed by atoms with Crippen molar-refractivity contribution in [3.05, 3.63) is 58.1 Å².